The molecule has 1 aromatic heterocycles. The number of nitrogens with two attached hydrogens (primary N) is 1. The molecule has 1 aliphatic heterocycles. The Hall–Kier alpha value is -1.85. The monoisotopic (exact) mass is 249 g/mol. The van der Waals surface area contributed by atoms with Gasteiger partial charge in [-0.1, -0.05) is 12.1 Å². The molecule has 6 nitrogen and oxygen atoms in total. The second-order valence-corrected chi connectivity index (χ2v) is 4.91. The van der Waals surface area contributed by atoms with Crippen LogP contribution in [0.1, 0.15) is 32.4 Å². The molecular weight excluding hydrogens is 230 g/mol. The van der Waals surface area contributed by atoms with Crippen LogP contribution in [-0.2, 0) is 0 Å². The first-order chi connectivity index (χ1) is 8.61. The third kappa shape index (κ3) is 2.52. The lowest BCUT2D eigenvalue weighted by Gasteiger charge is -2.36. The molecule has 98 valence electrons. The molecule has 2 rings (SSSR count). The molecule has 18 heavy (non-hydrogen) atoms. The third-order valence-electron chi connectivity index (χ3n) is 3.39. The average Bonchev–Trinajstić information content (AvgIpc) is 2.40. The summed E-state index contributed by atoms with van der Waals surface area (Å²) >= 11 is 0. The van der Waals surface area contributed by atoms with Crippen LogP contribution in [0, 0.1) is 5.92 Å². The molecule has 2 unspecified atom stereocenters. The molecule has 0 saturated carbocycles. The Labute approximate surface area is 107 Å². The van der Waals surface area contributed by atoms with Crippen molar-refractivity contribution in [3.63, 3.8) is 0 Å². The summed E-state index contributed by atoms with van der Waals surface area (Å²) in [6.07, 6.45) is 4.01. The van der Waals surface area contributed by atoms with Gasteiger partial charge in [0, 0.05) is 18.8 Å². The maximum Gasteiger partial charge on any atom is 0.226 e. The second-order valence-electron chi connectivity index (χ2n) is 4.91. The van der Waals surface area contributed by atoms with Crippen molar-refractivity contribution in [1.82, 2.24) is 9.97 Å². The van der Waals surface area contributed by atoms with Crippen molar-refractivity contribution in [1.29, 1.82) is 0 Å². The van der Waals surface area contributed by atoms with Crippen molar-refractivity contribution in [2.75, 3.05) is 11.4 Å². The molecular formula is C12H19N5O. The zero-order chi connectivity index (χ0) is 13.1. The van der Waals surface area contributed by atoms with E-state index in [0.29, 0.717) is 23.6 Å². The Morgan fingerprint density at radius 1 is 1.50 bits per heavy atom. The maximum atomic E-state index is 8.67. The third-order valence-corrected chi connectivity index (χ3v) is 3.39. The van der Waals surface area contributed by atoms with Crippen LogP contribution in [0.2, 0.25) is 0 Å². The number of amidine groups is 1. The highest BCUT2D eigenvalue weighted by Gasteiger charge is 2.25. The summed E-state index contributed by atoms with van der Waals surface area (Å²) < 4.78 is 0. The van der Waals surface area contributed by atoms with Crippen LogP contribution in [0.3, 0.4) is 0 Å². The van der Waals surface area contributed by atoms with Crippen LogP contribution in [0.4, 0.5) is 5.95 Å². The first-order valence-electron chi connectivity index (χ1n) is 6.19. The Bertz CT molecular complexity index is 448. The van der Waals surface area contributed by atoms with Gasteiger partial charge >= 0.3 is 0 Å². The molecule has 1 aliphatic rings. The predicted molar refractivity (Wildman–Crippen MR) is 69.7 cm³/mol. The molecule has 2 heterocycles. The quantitative estimate of drug-likeness (QED) is 0.356. The van der Waals surface area contributed by atoms with Gasteiger partial charge in [-0.2, -0.15) is 0 Å². The van der Waals surface area contributed by atoms with E-state index in [2.05, 4.69) is 33.9 Å². The summed E-state index contributed by atoms with van der Waals surface area (Å²) in [6, 6.07) is 2.06. The van der Waals surface area contributed by atoms with Gasteiger partial charge in [-0.05, 0) is 31.7 Å². The Kier molecular flexibility index (Phi) is 3.64. The minimum atomic E-state index is 0.0105. The first kappa shape index (κ1) is 12.6. The van der Waals surface area contributed by atoms with E-state index in [9.17, 15) is 0 Å². The summed E-state index contributed by atoms with van der Waals surface area (Å²) in [6.45, 7) is 5.35. The van der Waals surface area contributed by atoms with Gasteiger partial charge in [0.2, 0.25) is 5.95 Å². The normalized spacial score (nSPS) is 25.2. The SMILES string of the molecule is CC1CCC(C)N(c2nccc(/C(N)=N/O)n2)C1. The summed E-state index contributed by atoms with van der Waals surface area (Å²) in [7, 11) is 0. The smallest absolute Gasteiger partial charge is 0.226 e. The predicted octanol–water partition coefficient (Wildman–Crippen LogP) is 1.20. The van der Waals surface area contributed by atoms with E-state index in [1.165, 1.54) is 6.42 Å². The van der Waals surface area contributed by atoms with E-state index in [4.69, 9.17) is 10.9 Å². The van der Waals surface area contributed by atoms with Crippen LogP contribution in [-0.4, -0.2) is 33.6 Å². The van der Waals surface area contributed by atoms with Crippen molar-refractivity contribution in [3.05, 3.63) is 18.0 Å². The number of aromatic nitrogens is 2. The zero-order valence-corrected chi connectivity index (χ0v) is 10.7. The topological polar surface area (TPSA) is 87.6 Å². The lowest BCUT2D eigenvalue weighted by atomic mass is 9.95. The largest absolute Gasteiger partial charge is 0.409 e. The maximum absolute atomic E-state index is 8.67. The fraction of sp³-hybridized carbons (Fsp3) is 0.583. The van der Waals surface area contributed by atoms with Crippen molar-refractivity contribution in [2.45, 2.75) is 32.7 Å². The molecule has 0 radical (unpaired) electrons. The molecule has 0 amide bonds. The lowest BCUT2D eigenvalue weighted by Crippen LogP contribution is -2.42. The highest BCUT2D eigenvalue weighted by atomic mass is 16.4. The summed E-state index contributed by atoms with van der Waals surface area (Å²) in [4.78, 5) is 10.8. The molecule has 3 N–H and O–H groups in total. The minimum absolute atomic E-state index is 0.0105. The summed E-state index contributed by atoms with van der Waals surface area (Å²) in [5.41, 5.74) is 6.00. The van der Waals surface area contributed by atoms with E-state index in [1.54, 1.807) is 12.3 Å². The van der Waals surface area contributed by atoms with Crippen LogP contribution < -0.4 is 10.6 Å². The van der Waals surface area contributed by atoms with Gasteiger partial charge < -0.3 is 15.8 Å². The molecule has 2 atom stereocenters. The minimum Gasteiger partial charge on any atom is -0.409 e. The highest BCUT2D eigenvalue weighted by molar-refractivity contribution is 5.95. The van der Waals surface area contributed by atoms with Gasteiger partial charge in [-0.3, -0.25) is 0 Å². The fourth-order valence-electron chi connectivity index (χ4n) is 2.25. The van der Waals surface area contributed by atoms with Crippen molar-refractivity contribution < 1.29 is 5.21 Å². The standard InChI is InChI=1S/C12H19N5O/c1-8-3-4-9(2)17(7-8)12-14-6-5-10(15-12)11(13)16-18/h5-6,8-9,18H,3-4,7H2,1-2H3,(H2,13,16). The Morgan fingerprint density at radius 3 is 3.00 bits per heavy atom. The van der Waals surface area contributed by atoms with Crippen LogP contribution in [0.15, 0.2) is 17.4 Å². The average molecular weight is 249 g/mol. The van der Waals surface area contributed by atoms with E-state index in [1.807, 2.05) is 0 Å². The molecule has 0 spiro atoms. The van der Waals surface area contributed by atoms with Gasteiger partial charge in [0.05, 0.1) is 0 Å². The van der Waals surface area contributed by atoms with Crippen LogP contribution in [0.5, 0.6) is 0 Å². The van der Waals surface area contributed by atoms with E-state index < -0.39 is 0 Å². The van der Waals surface area contributed by atoms with Gasteiger partial charge in [0.1, 0.15) is 5.69 Å². The van der Waals surface area contributed by atoms with Gasteiger partial charge in [-0.25, -0.2) is 9.97 Å². The van der Waals surface area contributed by atoms with Crippen LogP contribution >= 0.6 is 0 Å². The molecule has 0 aromatic carbocycles. The first-order valence-corrected chi connectivity index (χ1v) is 6.19. The number of piperidine rings is 1. The summed E-state index contributed by atoms with van der Waals surface area (Å²) in [5, 5.41) is 11.6. The second kappa shape index (κ2) is 5.20. The van der Waals surface area contributed by atoms with Crippen molar-refractivity contribution >= 4 is 11.8 Å². The van der Waals surface area contributed by atoms with E-state index >= 15 is 0 Å². The summed E-state index contributed by atoms with van der Waals surface area (Å²) in [5.74, 6) is 1.30. The van der Waals surface area contributed by atoms with E-state index in [0.717, 1.165) is 13.0 Å². The molecule has 1 aromatic rings. The zero-order valence-electron chi connectivity index (χ0n) is 10.7. The van der Waals surface area contributed by atoms with Gasteiger partial charge in [-0.15, -0.1) is 0 Å². The van der Waals surface area contributed by atoms with Gasteiger partial charge in [0.25, 0.3) is 0 Å². The lowest BCUT2D eigenvalue weighted by molar-refractivity contribution is 0.318. The highest BCUT2D eigenvalue weighted by Crippen LogP contribution is 2.24. The van der Waals surface area contributed by atoms with Crippen molar-refractivity contribution in [2.24, 2.45) is 16.8 Å². The Morgan fingerprint density at radius 2 is 2.28 bits per heavy atom. The van der Waals surface area contributed by atoms with Crippen molar-refractivity contribution in [3.8, 4) is 0 Å². The number of nitrogens with zero attached hydrogens (tertiary/aromatic N) is 4. The number of anilines is 1. The number of rotatable bonds is 2. The molecule has 1 saturated heterocycles. The number of oxime groups is 1. The fourth-order valence-corrected chi connectivity index (χ4v) is 2.25. The van der Waals surface area contributed by atoms with E-state index in [-0.39, 0.29) is 5.84 Å². The molecule has 0 bridgehead atoms. The number of hydrogen-bond donors (Lipinski definition) is 2. The molecule has 1 fully saturated rings. The molecule has 0 aliphatic carbocycles. The van der Waals surface area contributed by atoms with Crippen LogP contribution in [0.25, 0.3) is 0 Å². The Balaban J connectivity index is 2.27. The molecule has 6 heteroatoms. The van der Waals surface area contributed by atoms with Gasteiger partial charge in [0.15, 0.2) is 5.84 Å². The number of hydrogen-bond acceptors (Lipinski definition) is 5.